The molecule has 1 aromatic carbocycles. The van der Waals surface area contributed by atoms with Crippen molar-refractivity contribution in [1.29, 1.82) is 0 Å². The van der Waals surface area contributed by atoms with Gasteiger partial charge in [0.1, 0.15) is 12.3 Å². The van der Waals surface area contributed by atoms with Crippen LogP contribution in [0.3, 0.4) is 0 Å². The van der Waals surface area contributed by atoms with Crippen molar-refractivity contribution in [3.8, 4) is 5.75 Å². The van der Waals surface area contributed by atoms with Crippen LogP contribution in [0.25, 0.3) is 0 Å². The minimum atomic E-state index is -3.87. The summed E-state index contributed by atoms with van der Waals surface area (Å²) in [6.07, 6.45) is 4.96. The Morgan fingerprint density at radius 2 is 1.92 bits per heavy atom. The third-order valence-electron chi connectivity index (χ3n) is 3.50. The molecule has 0 spiro atoms. The van der Waals surface area contributed by atoms with Gasteiger partial charge in [-0.3, -0.25) is 4.55 Å². The van der Waals surface area contributed by atoms with Crippen molar-refractivity contribution < 1.29 is 22.3 Å². The Kier molecular flexibility index (Phi) is 7.03. The van der Waals surface area contributed by atoms with E-state index in [1.54, 1.807) is 7.11 Å². The predicted molar refractivity (Wildman–Crippen MR) is 93.5 cm³/mol. The number of pyridine rings is 1. The van der Waals surface area contributed by atoms with Crippen molar-refractivity contribution in [2.24, 2.45) is 10.2 Å². The fraction of sp³-hybridized carbons (Fsp3) is 0.353. The number of hydrogen-bond donors (Lipinski definition) is 1. The van der Waals surface area contributed by atoms with Crippen LogP contribution < -0.4 is 9.30 Å². The summed E-state index contributed by atoms with van der Waals surface area (Å²) in [5, 5.41) is 8.37. The molecular formula is C17H22N3O4S+. The molecular weight excluding hydrogens is 342 g/mol. The molecule has 2 aromatic rings. The number of aromatic nitrogens is 1. The van der Waals surface area contributed by atoms with Gasteiger partial charge in [-0.05, 0) is 36.8 Å². The molecule has 25 heavy (non-hydrogen) atoms. The highest BCUT2D eigenvalue weighted by molar-refractivity contribution is 7.85. The first-order chi connectivity index (χ1) is 12.0. The largest absolute Gasteiger partial charge is 0.497 e. The molecule has 0 saturated carbocycles. The summed E-state index contributed by atoms with van der Waals surface area (Å²) < 4.78 is 37.2. The summed E-state index contributed by atoms with van der Waals surface area (Å²) in [4.78, 5) is 0. The Hall–Kier alpha value is -2.32. The van der Waals surface area contributed by atoms with Gasteiger partial charge in [0, 0.05) is 18.1 Å². The molecule has 0 fully saturated rings. The minimum Gasteiger partial charge on any atom is -0.497 e. The Morgan fingerprint density at radius 1 is 1.16 bits per heavy atom. The second-order valence-electron chi connectivity index (χ2n) is 5.54. The molecule has 0 radical (unpaired) electrons. The molecule has 0 saturated heterocycles. The summed E-state index contributed by atoms with van der Waals surface area (Å²) in [7, 11) is -2.26. The van der Waals surface area contributed by atoms with Gasteiger partial charge >= 0.3 is 0 Å². The first-order valence-electron chi connectivity index (χ1n) is 7.91. The van der Waals surface area contributed by atoms with Crippen molar-refractivity contribution >= 4 is 15.8 Å². The minimum absolute atomic E-state index is 0.205. The molecule has 1 aromatic heterocycles. The topological polar surface area (TPSA) is 92.2 Å². The number of aryl methyl sites for hydroxylation is 1. The fourth-order valence-electron chi connectivity index (χ4n) is 2.24. The lowest BCUT2D eigenvalue weighted by atomic mass is 10.2. The van der Waals surface area contributed by atoms with Crippen molar-refractivity contribution in [2.75, 3.05) is 12.9 Å². The molecule has 134 valence electrons. The molecule has 1 N–H and O–H groups in total. The van der Waals surface area contributed by atoms with E-state index in [1.807, 2.05) is 53.4 Å². The molecule has 0 unspecified atom stereocenters. The zero-order valence-corrected chi connectivity index (χ0v) is 14.9. The van der Waals surface area contributed by atoms with Crippen molar-refractivity contribution in [3.05, 3.63) is 54.4 Å². The van der Waals surface area contributed by atoms with Gasteiger partial charge in [0.25, 0.3) is 10.1 Å². The summed E-state index contributed by atoms with van der Waals surface area (Å²) >= 11 is 0. The number of ether oxygens (including phenoxy) is 1. The summed E-state index contributed by atoms with van der Waals surface area (Å²) in [5.41, 5.74) is 1.77. The molecule has 0 amide bonds. The van der Waals surface area contributed by atoms with Crippen LogP contribution in [0.4, 0.5) is 5.69 Å². The van der Waals surface area contributed by atoms with Gasteiger partial charge in [-0.2, -0.15) is 18.6 Å². The van der Waals surface area contributed by atoms with Crippen LogP contribution >= 0.6 is 0 Å². The zero-order valence-electron chi connectivity index (χ0n) is 14.1. The highest BCUT2D eigenvalue weighted by Crippen LogP contribution is 2.18. The normalized spacial score (nSPS) is 11.8. The van der Waals surface area contributed by atoms with Gasteiger partial charge in [-0.25, -0.2) is 4.57 Å². The molecule has 0 aliphatic carbocycles. The van der Waals surface area contributed by atoms with E-state index in [9.17, 15) is 8.42 Å². The lowest BCUT2D eigenvalue weighted by molar-refractivity contribution is -0.697. The predicted octanol–water partition coefficient (Wildman–Crippen LogP) is 2.93. The molecule has 2 rings (SSSR count). The van der Waals surface area contributed by atoms with Crippen LogP contribution in [0, 0.1) is 0 Å². The first-order valence-corrected chi connectivity index (χ1v) is 9.52. The standard InChI is InChI=1S/C17H21N3O4S/c1-24-17-8-6-16(7-9-17)19-18-13-15-5-4-11-20(14-15)10-2-3-12-25(21,22)23/h4-9,11,14H,2-3,10,12-13H2,1H3/p+1. The molecule has 8 heteroatoms. The van der Waals surface area contributed by atoms with Gasteiger partial charge in [0.2, 0.25) is 0 Å². The Balaban J connectivity index is 1.84. The van der Waals surface area contributed by atoms with Crippen LogP contribution in [-0.2, 0) is 23.2 Å². The number of unbranched alkanes of at least 4 members (excludes halogenated alkanes) is 1. The highest BCUT2D eigenvalue weighted by atomic mass is 32.2. The molecule has 0 aliphatic rings. The number of rotatable bonds is 9. The van der Waals surface area contributed by atoms with Crippen molar-refractivity contribution in [2.45, 2.75) is 25.9 Å². The Bertz CT molecular complexity index is 805. The smallest absolute Gasteiger partial charge is 0.264 e. The van der Waals surface area contributed by atoms with Crippen LogP contribution in [0.5, 0.6) is 5.75 Å². The van der Waals surface area contributed by atoms with Crippen LogP contribution in [0.1, 0.15) is 18.4 Å². The van der Waals surface area contributed by atoms with Crippen LogP contribution in [0.15, 0.2) is 59.0 Å². The van der Waals surface area contributed by atoms with Gasteiger partial charge in [-0.15, -0.1) is 0 Å². The van der Waals surface area contributed by atoms with Gasteiger partial charge < -0.3 is 4.74 Å². The van der Waals surface area contributed by atoms with Crippen molar-refractivity contribution in [3.63, 3.8) is 0 Å². The number of azo groups is 1. The quantitative estimate of drug-likeness (QED) is 0.320. The lowest BCUT2D eigenvalue weighted by Crippen LogP contribution is -2.33. The van der Waals surface area contributed by atoms with E-state index in [0.717, 1.165) is 17.0 Å². The molecule has 0 bridgehead atoms. The molecule has 1 heterocycles. The van der Waals surface area contributed by atoms with E-state index in [0.29, 0.717) is 25.9 Å². The SMILES string of the molecule is COc1ccc(N=NCc2ccc[n+](CCCCS(=O)(=O)O)c2)cc1. The van der Waals surface area contributed by atoms with E-state index in [-0.39, 0.29) is 5.75 Å². The maximum absolute atomic E-state index is 10.7. The number of methoxy groups -OCH3 is 1. The van der Waals surface area contributed by atoms with Gasteiger partial charge in [0.05, 0.1) is 25.1 Å². The molecule has 7 nitrogen and oxygen atoms in total. The van der Waals surface area contributed by atoms with Gasteiger partial charge in [0.15, 0.2) is 12.4 Å². The Labute approximate surface area is 147 Å². The van der Waals surface area contributed by atoms with E-state index in [4.69, 9.17) is 9.29 Å². The fourth-order valence-corrected chi connectivity index (χ4v) is 2.80. The third kappa shape index (κ3) is 7.40. The highest BCUT2D eigenvalue weighted by Gasteiger charge is 2.06. The second-order valence-corrected chi connectivity index (χ2v) is 7.11. The zero-order chi connectivity index (χ0) is 18.1. The molecule has 0 atom stereocenters. The third-order valence-corrected chi connectivity index (χ3v) is 4.30. The van der Waals surface area contributed by atoms with Crippen LogP contribution in [0.2, 0.25) is 0 Å². The lowest BCUT2D eigenvalue weighted by Gasteiger charge is -2.00. The maximum Gasteiger partial charge on any atom is 0.264 e. The number of hydrogen-bond acceptors (Lipinski definition) is 5. The Morgan fingerprint density at radius 3 is 2.60 bits per heavy atom. The van der Waals surface area contributed by atoms with E-state index >= 15 is 0 Å². The summed E-state index contributed by atoms with van der Waals surface area (Å²) in [6.45, 7) is 1.14. The van der Waals surface area contributed by atoms with E-state index < -0.39 is 10.1 Å². The molecule has 0 aliphatic heterocycles. The monoisotopic (exact) mass is 364 g/mol. The number of benzene rings is 1. The van der Waals surface area contributed by atoms with Crippen molar-refractivity contribution in [1.82, 2.24) is 0 Å². The maximum atomic E-state index is 10.7. The van der Waals surface area contributed by atoms with E-state index in [2.05, 4.69) is 10.2 Å². The average molecular weight is 364 g/mol. The summed E-state index contributed by atoms with van der Waals surface area (Å²) in [6, 6.07) is 11.2. The first kappa shape index (κ1) is 19.0. The van der Waals surface area contributed by atoms with Crippen LogP contribution in [-0.4, -0.2) is 25.8 Å². The average Bonchev–Trinajstić information content (AvgIpc) is 2.59. The number of nitrogens with zero attached hydrogens (tertiary/aromatic N) is 3. The summed E-state index contributed by atoms with van der Waals surface area (Å²) in [5.74, 6) is 0.570. The second kappa shape index (κ2) is 9.24. The van der Waals surface area contributed by atoms with Gasteiger partial charge in [-0.1, -0.05) is 0 Å². The van der Waals surface area contributed by atoms with E-state index in [1.165, 1.54) is 0 Å².